The number of Topliss-reactive ketones (excluding diaryl/α,β-unsaturated/α-hetero) is 1. The number of esters is 1. The predicted molar refractivity (Wildman–Crippen MR) is 105 cm³/mol. The summed E-state index contributed by atoms with van der Waals surface area (Å²) in [6.45, 7) is 5.52. The summed E-state index contributed by atoms with van der Waals surface area (Å²) < 4.78 is 30.9. The summed E-state index contributed by atoms with van der Waals surface area (Å²) >= 11 is 3.15. The summed E-state index contributed by atoms with van der Waals surface area (Å²) in [7, 11) is 1.63. The number of halogens is 2. The number of ketones is 1. The van der Waals surface area contributed by atoms with Gasteiger partial charge in [0, 0.05) is 24.1 Å². The molecule has 0 saturated carbocycles. The molecule has 8 heteroatoms. The van der Waals surface area contributed by atoms with E-state index in [1.165, 1.54) is 18.2 Å². The third-order valence-electron chi connectivity index (χ3n) is 4.24. The van der Waals surface area contributed by atoms with Gasteiger partial charge in [0.25, 0.3) is 0 Å². The van der Waals surface area contributed by atoms with Gasteiger partial charge in [-0.2, -0.15) is 0 Å². The van der Waals surface area contributed by atoms with Gasteiger partial charge in [0.1, 0.15) is 11.6 Å². The molecule has 0 saturated heterocycles. The molecule has 1 atom stereocenters. The first-order valence-corrected chi connectivity index (χ1v) is 9.48. The van der Waals surface area contributed by atoms with E-state index in [1.54, 1.807) is 13.2 Å². The van der Waals surface area contributed by atoms with Crippen LogP contribution in [0.5, 0.6) is 5.75 Å². The van der Waals surface area contributed by atoms with Crippen LogP contribution in [0.2, 0.25) is 0 Å². The molecule has 0 aliphatic carbocycles. The minimum absolute atomic E-state index is 0.0802. The minimum atomic E-state index is -0.689. The van der Waals surface area contributed by atoms with E-state index in [9.17, 15) is 14.0 Å². The molecule has 1 aromatic heterocycles. The van der Waals surface area contributed by atoms with E-state index in [0.717, 1.165) is 11.4 Å². The van der Waals surface area contributed by atoms with Crippen LogP contribution in [0.3, 0.4) is 0 Å². The lowest BCUT2D eigenvalue weighted by atomic mass is 10.1. The first-order valence-electron chi connectivity index (χ1n) is 8.68. The average Bonchev–Trinajstić information content (AvgIpc) is 2.93. The topological polar surface area (TPSA) is 66.8 Å². The largest absolute Gasteiger partial charge is 0.481 e. The van der Waals surface area contributed by atoms with E-state index in [-0.39, 0.29) is 25.0 Å². The van der Waals surface area contributed by atoms with Crippen LogP contribution in [0.1, 0.15) is 34.7 Å². The Balaban J connectivity index is 1.93. The molecule has 6 nitrogen and oxygen atoms in total. The lowest BCUT2D eigenvalue weighted by Crippen LogP contribution is -2.20. The Kier molecular flexibility index (Phi) is 7.77. The standard InChI is InChI=1S/C20H23BrFNO5/c1-12-7-16(14(3)23(12)13(2)9-26-4)18(24)10-28-20(25)11-27-19-6-5-15(22)8-17(19)21/h5-8,13H,9-11H2,1-4H3. The Labute approximate surface area is 171 Å². The molecule has 1 aromatic carbocycles. The van der Waals surface area contributed by atoms with Gasteiger partial charge in [-0.25, -0.2) is 9.18 Å². The van der Waals surface area contributed by atoms with Crippen molar-refractivity contribution >= 4 is 27.7 Å². The number of carbonyl (C=O) groups excluding carboxylic acids is 2. The van der Waals surface area contributed by atoms with E-state index < -0.39 is 11.8 Å². The van der Waals surface area contributed by atoms with Crippen molar-refractivity contribution in [3.05, 3.63) is 51.5 Å². The first kappa shape index (κ1) is 22.1. The maximum Gasteiger partial charge on any atom is 0.344 e. The molecule has 28 heavy (non-hydrogen) atoms. The SMILES string of the molecule is COCC(C)n1c(C)cc(C(=O)COC(=O)COc2ccc(F)cc2Br)c1C. The van der Waals surface area contributed by atoms with Crippen LogP contribution >= 0.6 is 15.9 Å². The van der Waals surface area contributed by atoms with Gasteiger partial charge in [0.2, 0.25) is 5.78 Å². The molecule has 2 rings (SSSR count). The molecule has 1 unspecified atom stereocenters. The quantitative estimate of drug-likeness (QED) is 0.421. The van der Waals surface area contributed by atoms with Crippen molar-refractivity contribution in [1.82, 2.24) is 4.57 Å². The van der Waals surface area contributed by atoms with Gasteiger partial charge in [-0.15, -0.1) is 0 Å². The second-order valence-electron chi connectivity index (χ2n) is 6.41. The summed E-state index contributed by atoms with van der Waals surface area (Å²) in [6.07, 6.45) is 0. The van der Waals surface area contributed by atoms with E-state index in [2.05, 4.69) is 15.9 Å². The Morgan fingerprint density at radius 1 is 1.21 bits per heavy atom. The van der Waals surface area contributed by atoms with Gasteiger partial charge in [-0.05, 0) is 61.0 Å². The second kappa shape index (κ2) is 9.84. The second-order valence-corrected chi connectivity index (χ2v) is 7.26. The number of rotatable bonds is 9. The normalized spacial score (nSPS) is 11.9. The van der Waals surface area contributed by atoms with Crippen LogP contribution in [0.4, 0.5) is 4.39 Å². The summed E-state index contributed by atoms with van der Waals surface area (Å²) in [4.78, 5) is 24.3. The monoisotopic (exact) mass is 455 g/mol. The van der Waals surface area contributed by atoms with Crippen LogP contribution in [-0.4, -0.2) is 43.3 Å². The van der Waals surface area contributed by atoms with Crippen molar-refractivity contribution in [2.45, 2.75) is 26.8 Å². The van der Waals surface area contributed by atoms with Gasteiger partial charge in [0.05, 0.1) is 17.1 Å². The highest BCUT2D eigenvalue weighted by molar-refractivity contribution is 9.10. The summed E-state index contributed by atoms with van der Waals surface area (Å²) in [6, 6.07) is 5.70. The molecule has 0 N–H and O–H groups in total. The summed E-state index contributed by atoms with van der Waals surface area (Å²) in [5, 5.41) is 0. The molecule has 0 fully saturated rings. The van der Waals surface area contributed by atoms with Crippen LogP contribution in [0.25, 0.3) is 0 Å². The molecule has 2 aromatic rings. The number of carbonyl (C=O) groups is 2. The Morgan fingerprint density at radius 2 is 1.93 bits per heavy atom. The van der Waals surface area contributed by atoms with Crippen LogP contribution in [0, 0.1) is 19.7 Å². The Hall–Kier alpha value is -2.19. The predicted octanol–water partition coefficient (Wildman–Crippen LogP) is 4.02. The number of hydrogen-bond acceptors (Lipinski definition) is 5. The van der Waals surface area contributed by atoms with Gasteiger partial charge in [-0.3, -0.25) is 4.79 Å². The summed E-state index contributed by atoms with van der Waals surface area (Å²) in [5.41, 5.74) is 2.24. The molecule has 0 aliphatic heterocycles. The molecule has 152 valence electrons. The third-order valence-corrected chi connectivity index (χ3v) is 4.86. The maximum atomic E-state index is 13.0. The highest BCUT2D eigenvalue weighted by atomic mass is 79.9. The van der Waals surface area contributed by atoms with Crippen molar-refractivity contribution in [2.24, 2.45) is 0 Å². The molecular formula is C20H23BrFNO5. The zero-order valence-electron chi connectivity index (χ0n) is 16.3. The van der Waals surface area contributed by atoms with Gasteiger partial charge in [0.15, 0.2) is 13.2 Å². The number of nitrogens with zero attached hydrogens (tertiary/aromatic N) is 1. The smallest absolute Gasteiger partial charge is 0.344 e. The lowest BCUT2D eigenvalue weighted by molar-refractivity contribution is -0.144. The molecule has 0 bridgehead atoms. The van der Waals surface area contributed by atoms with Gasteiger partial charge < -0.3 is 18.8 Å². The fourth-order valence-corrected chi connectivity index (χ4v) is 3.51. The number of aryl methyl sites for hydroxylation is 1. The minimum Gasteiger partial charge on any atom is -0.481 e. The highest BCUT2D eigenvalue weighted by Crippen LogP contribution is 2.25. The average molecular weight is 456 g/mol. The summed E-state index contributed by atoms with van der Waals surface area (Å²) in [5.74, 6) is -1.10. The van der Waals surface area contributed by atoms with Crippen molar-refractivity contribution < 1.29 is 28.2 Å². The van der Waals surface area contributed by atoms with Gasteiger partial charge >= 0.3 is 5.97 Å². The first-order chi connectivity index (χ1) is 13.2. The van der Waals surface area contributed by atoms with Crippen LogP contribution < -0.4 is 4.74 Å². The highest BCUT2D eigenvalue weighted by Gasteiger charge is 2.20. The van der Waals surface area contributed by atoms with Crippen molar-refractivity contribution in [2.75, 3.05) is 26.9 Å². The number of benzene rings is 1. The maximum absolute atomic E-state index is 13.0. The van der Waals surface area contributed by atoms with E-state index >= 15 is 0 Å². The van der Waals surface area contributed by atoms with E-state index in [4.69, 9.17) is 14.2 Å². The van der Waals surface area contributed by atoms with E-state index in [0.29, 0.717) is 22.4 Å². The number of ether oxygens (including phenoxy) is 3. The van der Waals surface area contributed by atoms with Gasteiger partial charge in [-0.1, -0.05) is 0 Å². The molecule has 0 amide bonds. The fraction of sp³-hybridized carbons (Fsp3) is 0.400. The van der Waals surface area contributed by atoms with E-state index in [1.807, 2.05) is 25.3 Å². The number of hydrogen-bond donors (Lipinski definition) is 0. The Morgan fingerprint density at radius 3 is 2.57 bits per heavy atom. The number of aromatic nitrogens is 1. The molecular weight excluding hydrogens is 433 g/mol. The molecule has 0 aliphatic rings. The Bertz CT molecular complexity index is 865. The molecule has 0 radical (unpaired) electrons. The zero-order chi connectivity index (χ0) is 20.8. The third kappa shape index (κ3) is 5.42. The molecule has 1 heterocycles. The van der Waals surface area contributed by atoms with Crippen LogP contribution in [-0.2, 0) is 14.3 Å². The fourth-order valence-electron chi connectivity index (χ4n) is 3.05. The molecule has 0 spiro atoms. The van der Waals surface area contributed by atoms with Crippen LogP contribution in [0.15, 0.2) is 28.7 Å². The lowest BCUT2D eigenvalue weighted by Gasteiger charge is -2.17. The van der Waals surface area contributed by atoms with Crippen molar-refractivity contribution in [3.63, 3.8) is 0 Å². The zero-order valence-corrected chi connectivity index (χ0v) is 17.8. The number of methoxy groups -OCH3 is 1. The van der Waals surface area contributed by atoms with Crippen molar-refractivity contribution in [1.29, 1.82) is 0 Å². The van der Waals surface area contributed by atoms with Crippen molar-refractivity contribution in [3.8, 4) is 5.75 Å².